The SMILES string of the molecule is N#CCCn1cc(C(=O)COC(=O)c2cc3ccccc3[nH]2)c2ccccc21. The first kappa shape index (κ1) is 17.6. The number of nitrogens with zero attached hydrogens (tertiary/aromatic N) is 2. The van der Waals surface area contributed by atoms with E-state index in [1.54, 1.807) is 12.3 Å². The van der Waals surface area contributed by atoms with Crippen molar-refractivity contribution in [1.29, 1.82) is 5.26 Å². The molecule has 0 amide bonds. The maximum atomic E-state index is 12.7. The lowest BCUT2D eigenvalue weighted by Crippen LogP contribution is -2.14. The molecule has 2 heterocycles. The minimum atomic E-state index is -0.572. The van der Waals surface area contributed by atoms with E-state index < -0.39 is 5.97 Å². The fourth-order valence-electron chi connectivity index (χ4n) is 3.29. The molecule has 6 heteroatoms. The number of nitriles is 1. The first-order valence-electron chi connectivity index (χ1n) is 8.90. The number of Topliss-reactive ketones (excluding diaryl/α,β-unsaturated/α-hetero) is 1. The lowest BCUT2D eigenvalue weighted by Gasteiger charge is -2.02. The lowest BCUT2D eigenvalue weighted by molar-refractivity contribution is 0.0470. The molecular formula is C22H17N3O3. The van der Waals surface area contributed by atoms with Gasteiger partial charge in [0.15, 0.2) is 6.61 Å². The Morgan fingerprint density at radius 1 is 1.11 bits per heavy atom. The molecule has 0 aliphatic carbocycles. The molecular weight excluding hydrogens is 354 g/mol. The van der Waals surface area contributed by atoms with Crippen LogP contribution in [-0.4, -0.2) is 27.9 Å². The zero-order valence-electron chi connectivity index (χ0n) is 15.0. The molecule has 0 spiro atoms. The smallest absolute Gasteiger partial charge is 0.355 e. The Morgan fingerprint density at radius 2 is 1.89 bits per heavy atom. The van der Waals surface area contributed by atoms with Crippen LogP contribution < -0.4 is 0 Å². The Balaban J connectivity index is 1.52. The molecule has 1 N–H and O–H groups in total. The molecule has 2 aromatic heterocycles. The number of aromatic nitrogens is 2. The fraction of sp³-hybridized carbons (Fsp3) is 0.136. The molecule has 0 aliphatic heterocycles. The van der Waals surface area contributed by atoms with Crippen LogP contribution >= 0.6 is 0 Å². The third-order valence-corrected chi connectivity index (χ3v) is 4.64. The number of esters is 1. The largest absolute Gasteiger partial charge is 0.453 e. The number of nitrogens with one attached hydrogen (secondary N) is 1. The minimum Gasteiger partial charge on any atom is -0.453 e. The van der Waals surface area contributed by atoms with Crippen molar-refractivity contribution in [1.82, 2.24) is 9.55 Å². The number of ketones is 1. The van der Waals surface area contributed by atoms with E-state index in [1.165, 1.54) is 0 Å². The summed E-state index contributed by atoms with van der Waals surface area (Å²) in [4.78, 5) is 28.0. The number of hydrogen-bond donors (Lipinski definition) is 1. The third-order valence-electron chi connectivity index (χ3n) is 4.64. The highest BCUT2D eigenvalue weighted by Crippen LogP contribution is 2.22. The van der Waals surface area contributed by atoms with E-state index in [0.29, 0.717) is 24.2 Å². The van der Waals surface area contributed by atoms with Gasteiger partial charge >= 0.3 is 5.97 Å². The maximum absolute atomic E-state index is 12.7. The molecule has 28 heavy (non-hydrogen) atoms. The number of H-pyrrole nitrogens is 1. The monoisotopic (exact) mass is 371 g/mol. The Hall–Kier alpha value is -3.85. The van der Waals surface area contributed by atoms with Crippen LogP contribution in [0.5, 0.6) is 0 Å². The van der Waals surface area contributed by atoms with E-state index in [4.69, 9.17) is 10.00 Å². The van der Waals surface area contributed by atoms with Crippen molar-refractivity contribution in [2.24, 2.45) is 0 Å². The lowest BCUT2D eigenvalue weighted by atomic mass is 10.1. The Morgan fingerprint density at radius 3 is 2.71 bits per heavy atom. The van der Waals surface area contributed by atoms with Gasteiger partial charge in [-0.05, 0) is 18.2 Å². The van der Waals surface area contributed by atoms with E-state index in [2.05, 4.69) is 11.1 Å². The summed E-state index contributed by atoms with van der Waals surface area (Å²) in [6, 6.07) is 18.8. The van der Waals surface area contributed by atoms with Gasteiger partial charge in [0.2, 0.25) is 5.78 Å². The first-order valence-corrected chi connectivity index (χ1v) is 8.90. The second kappa shape index (κ2) is 7.41. The van der Waals surface area contributed by atoms with Crippen molar-refractivity contribution < 1.29 is 14.3 Å². The molecule has 0 atom stereocenters. The molecule has 0 saturated heterocycles. The maximum Gasteiger partial charge on any atom is 0.355 e. The normalized spacial score (nSPS) is 10.8. The first-order chi connectivity index (χ1) is 13.7. The van der Waals surface area contributed by atoms with E-state index in [-0.39, 0.29) is 12.4 Å². The van der Waals surface area contributed by atoms with Crippen LogP contribution in [0.2, 0.25) is 0 Å². The van der Waals surface area contributed by atoms with Crippen molar-refractivity contribution in [2.45, 2.75) is 13.0 Å². The van der Waals surface area contributed by atoms with Gasteiger partial charge in [-0.3, -0.25) is 4.79 Å². The molecule has 0 unspecified atom stereocenters. The summed E-state index contributed by atoms with van der Waals surface area (Å²) in [5.41, 5.74) is 2.51. The number of fused-ring (bicyclic) bond motifs is 2. The number of benzene rings is 2. The van der Waals surface area contributed by atoms with Gasteiger partial charge in [-0.25, -0.2) is 4.79 Å². The van der Waals surface area contributed by atoms with E-state index in [9.17, 15) is 9.59 Å². The summed E-state index contributed by atoms with van der Waals surface area (Å²) in [5.74, 6) is -0.853. The molecule has 0 fully saturated rings. The number of hydrogen-bond acceptors (Lipinski definition) is 4. The number of carbonyl (C=O) groups is 2. The fourth-order valence-corrected chi connectivity index (χ4v) is 3.29. The van der Waals surface area contributed by atoms with Gasteiger partial charge in [0.1, 0.15) is 5.69 Å². The zero-order valence-corrected chi connectivity index (χ0v) is 15.0. The van der Waals surface area contributed by atoms with Gasteiger partial charge in [-0.15, -0.1) is 0 Å². The topological polar surface area (TPSA) is 87.9 Å². The van der Waals surface area contributed by atoms with Crippen LogP contribution in [0, 0.1) is 11.3 Å². The van der Waals surface area contributed by atoms with Gasteiger partial charge in [-0.1, -0.05) is 36.4 Å². The van der Waals surface area contributed by atoms with Crippen LogP contribution in [-0.2, 0) is 11.3 Å². The molecule has 6 nitrogen and oxygen atoms in total. The summed E-state index contributed by atoms with van der Waals surface area (Å²) in [7, 11) is 0. The van der Waals surface area contributed by atoms with Crippen LogP contribution in [0.25, 0.3) is 21.8 Å². The van der Waals surface area contributed by atoms with Gasteiger partial charge in [0.25, 0.3) is 0 Å². The Labute approximate surface area is 160 Å². The average Bonchev–Trinajstić information content (AvgIpc) is 3.32. The molecule has 0 bridgehead atoms. The molecule has 0 saturated carbocycles. The van der Waals surface area contributed by atoms with Crippen molar-refractivity contribution in [2.75, 3.05) is 6.61 Å². The quantitative estimate of drug-likeness (QED) is 0.409. The minimum absolute atomic E-state index is 0.281. The van der Waals surface area contributed by atoms with Crippen molar-refractivity contribution >= 4 is 33.6 Å². The van der Waals surface area contributed by atoms with Gasteiger partial charge < -0.3 is 14.3 Å². The van der Waals surface area contributed by atoms with Crippen LogP contribution in [0.1, 0.15) is 27.3 Å². The highest BCUT2D eigenvalue weighted by Gasteiger charge is 2.18. The molecule has 0 radical (unpaired) electrons. The average molecular weight is 371 g/mol. The Kier molecular flexibility index (Phi) is 4.65. The summed E-state index contributed by atoms with van der Waals surface area (Å²) in [6.45, 7) is 0.152. The predicted molar refractivity (Wildman–Crippen MR) is 105 cm³/mol. The number of carbonyl (C=O) groups excluding carboxylic acids is 2. The number of para-hydroxylation sites is 2. The summed E-state index contributed by atoms with van der Waals surface area (Å²) in [5, 5.41) is 10.5. The summed E-state index contributed by atoms with van der Waals surface area (Å²) < 4.78 is 7.11. The van der Waals surface area contributed by atoms with Crippen LogP contribution in [0.3, 0.4) is 0 Å². The Bertz CT molecular complexity index is 1190. The van der Waals surface area contributed by atoms with Gasteiger partial charge in [-0.2, -0.15) is 5.26 Å². The molecule has 4 rings (SSSR count). The van der Waals surface area contributed by atoms with E-state index in [1.807, 2.05) is 53.1 Å². The molecule has 138 valence electrons. The number of rotatable bonds is 6. The number of aryl methyl sites for hydroxylation is 1. The zero-order chi connectivity index (χ0) is 19.5. The van der Waals surface area contributed by atoms with Crippen molar-refractivity contribution in [3.8, 4) is 6.07 Å². The van der Waals surface area contributed by atoms with E-state index in [0.717, 1.165) is 21.8 Å². The standard InChI is InChI=1S/C22H17N3O3/c23-10-5-11-25-13-17(16-7-2-4-9-20(16)25)21(26)14-28-22(27)19-12-15-6-1-3-8-18(15)24-19/h1-4,6-9,12-13,24H,5,11,14H2. The number of aromatic amines is 1. The van der Waals surface area contributed by atoms with Crippen LogP contribution in [0.15, 0.2) is 60.8 Å². The van der Waals surface area contributed by atoms with Crippen LogP contribution in [0.4, 0.5) is 0 Å². The highest BCUT2D eigenvalue weighted by molar-refractivity contribution is 6.09. The highest BCUT2D eigenvalue weighted by atomic mass is 16.5. The third kappa shape index (κ3) is 3.26. The predicted octanol–water partition coefficient (Wildman–Crippen LogP) is 4.08. The molecule has 0 aliphatic rings. The van der Waals surface area contributed by atoms with Gasteiger partial charge in [0.05, 0.1) is 12.5 Å². The van der Waals surface area contributed by atoms with E-state index >= 15 is 0 Å². The molecule has 4 aromatic rings. The summed E-state index contributed by atoms with van der Waals surface area (Å²) >= 11 is 0. The van der Waals surface area contributed by atoms with Crippen molar-refractivity contribution in [3.05, 3.63) is 72.1 Å². The second-order valence-electron chi connectivity index (χ2n) is 6.43. The molecule has 2 aromatic carbocycles. The van der Waals surface area contributed by atoms with Crippen molar-refractivity contribution in [3.63, 3.8) is 0 Å². The second-order valence-corrected chi connectivity index (χ2v) is 6.43. The number of ether oxygens (including phenoxy) is 1. The van der Waals surface area contributed by atoms with Gasteiger partial charge in [0, 0.05) is 40.1 Å². The summed E-state index contributed by atoms with van der Waals surface area (Å²) in [6.07, 6.45) is 2.07.